The van der Waals surface area contributed by atoms with Crippen molar-refractivity contribution < 1.29 is 13.2 Å². The van der Waals surface area contributed by atoms with Crippen LogP contribution in [0.2, 0.25) is 0 Å². The maximum atomic E-state index is 12.8. The van der Waals surface area contributed by atoms with Gasteiger partial charge in [-0.1, -0.05) is 13.0 Å². The second-order valence-electron chi connectivity index (χ2n) is 7.05. The van der Waals surface area contributed by atoms with Crippen LogP contribution in [0.5, 0.6) is 0 Å². The van der Waals surface area contributed by atoms with Crippen LogP contribution in [0.4, 0.5) is 18.9 Å². The van der Waals surface area contributed by atoms with Crippen LogP contribution in [0.15, 0.2) is 24.3 Å². The third-order valence-electron chi connectivity index (χ3n) is 4.97. The summed E-state index contributed by atoms with van der Waals surface area (Å²) in [7, 11) is 0. The van der Waals surface area contributed by atoms with Gasteiger partial charge < -0.3 is 10.2 Å². The number of benzene rings is 1. The first-order valence-corrected chi connectivity index (χ1v) is 8.21. The largest absolute Gasteiger partial charge is 0.416 e. The van der Waals surface area contributed by atoms with E-state index < -0.39 is 11.7 Å². The Kier molecular flexibility index (Phi) is 6.04. The maximum absolute atomic E-state index is 12.8. The quantitative estimate of drug-likeness (QED) is 0.889. The summed E-state index contributed by atoms with van der Waals surface area (Å²) in [6, 6.07) is 5.66. The Morgan fingerprint density at radius 3 is 2.46 bits per heavy atom. The number of anilines is 1. The van der Waals surface area contributed by atoms with E-state index in [-0.39, 0.29) is 12.4 Å². The maximum Gasteiger partial charge on any atom is 0.416 e. The monoisotopic (exact) mass is 363 g/mol. The minimum atomic E-state index is -4.28. The minimum absolute atomic E-state index is 0. The normalized spacial score (nSPS) is 25.6. The fourth-order valence-corrected chi connectivity index (χ4v) is 3.59. The highest BCUT2D eigenvalue weighted by molar-refractivity contribution is 5.85. The molecular formula is C17H25ClF3N3. The summed E-state index contributed by atoms with van der Waals surface area (Å²) in [5.74, 6) is 0. The van der Waals surface area contributed by atoms with Crippen molar-refractivity contribution in [2.45, 2.75) is 19.5 Å². The highest BCUT2D eigenvalue weighted by Crippen LogP contribution is 2.32. The van der Waals surface area contributed by atoms with Crippen LogP contribution >= 0.6 is 12.4 Å². The third-order valence-corrected chi connectivity index (χ3v) is 4.97. The van der Waals surface area contributed by atoms with Gasteiger partial charge in [0.25, 0.3) is 0 Å². The van der Waals surface area contributed by atoms with E-state index in [4.69, 9.17) is 0 Å². The Hall–Kier alpha value is -0.980. The van der Waals surface area contributed by atoms with E-state index in [2.05, 4.69) is 22.0 Å². The molecule has 1 atom stereocenters. The number of hydrogen-bond donors (Lipinski definition) is 1. The minimum Gasteiger partial charge on any atom is -0.369 e. The molecule has 2 fully saturated rings. The molecule has 1 N–H and O–H groups in total. The molecule has 136 valence electrons. The molecule has 3 nitrogen and oxygen atoms in total. The number of piperazine rings is 1. The predicted molar refractivity (Wildman–Crippen MR) is 92.9 cm³/mol. The molecule has 0 bridgehead atoms. The second-order valence-corrected chi connectivity index (χ2v) is 7.05. The molecule has 2 aliphatic heterocycles. The number of hydrogen-bond acceptors (Lipinski definition) is 3. The lowest BCUT2D eigenvalue weighted by atomic mass is 9.89. The van der Waals surface area contributed by atoms with Crippen molar-refractivity contribution in [3.63, 3.8) is 0 Å². The van der Waals surface area contributed by atoms with Crippen molar-refractivity contribution in [2.24, 2.45) is 5.41 Å². The molecule has 3 rings (SSSR count). The molecule has 2 heterocycles. The summed E-state index contributed by atoms with van der Waals surface area (Å²) in [6.07, 6.45) is -3.08. The van der Waals surface area contributed by atoms with Crippen LogP contribution in [0.25, 0.3) is 0 Å². The summed E-state index contributed by atoms with van der Waals surface area (Å²) in [5, 5.41) is 3.41. The van der Waals surface area contributed by atoms with E-state index in [9.17, 15) is 13.2 Å². The van der Waals surface area contributed by atoms with E-state index in [1.165, 1.54) is 18.6 Å². The van der Waals surface area contributed by atoms with Crippen LogP contribution in [-0.2, 0) is 6.18 Å². The van der Waals surface area contributed by atoms with Gasteiger partial charge in [-0.25, -0.2) is 0 Å². The Labute approximate surface area is 147 Å². The molecular weight excluding hydrogens is 339 g/mol. The molecule has 1 unspecified atom stereocenters. The zero-order chi connectivity index (χ0) is 16.5. The molecule has 7 heteroatoms. The lowest BCUT2D eigenvalue weighted by Crippen LogP contribution is -2.49. The van der Waals surface area contributed by atoms with Crippen molar-refractivity contribution in [3.8, 4) is 0 Å². The highest BCUT2D eigenvalue weighted by Gasteiger charge is 2.33. The summed E-state index contributed by atoms with van der Waals surface area (Å²) in [6.45, 7) is 8.90. The first kappa shape index (κ1) is 19.3. The molecule has 2 aliphatic rings. The molecule has 2 saturated heterocycles. The molecule has 0 aromatic heterocycles. The van der Waals surface area contributed by atoms with Gasteiger partial charge in [-0.3, -0.25) is 4.90 Å². The number of halogens is 4. The van der Waals surface area contributed by atoms with Gasteiger partial charge in [0.2, 0.25) is 0 Å². The molecule has 1 aromatic rings. The van der Waals surface area contributed by atoms with Crippen LogP contribution in [0.3, 0.4) is 0 Å². The van der Waals surface area contributed by atoms with Gasteiger partial charge in [0.1, 0.15) is 0 Å². The van der Waals surface area contributed by atoms with Crippen molar-refractivity contribution >= 4 is 18.1 Å². The summed E-state index contributed by atoms with van der Waals surface area (Å²) in [4.78, 5) is 4.50. The number of nitrogens with one attached hydrogen (secondary N) is 1. The van der Waals surface area contributed by atoms with Crippen LogP contribution < -0.4 is 10.2 Å². The Morgan fingerprint density at radius 1 is 1.17 bits per heavy atom. The Morgan fingerprint density at radius 2 is 1.88 bits per heavy atom. The topological polar surface area (TPSA) is 18.5 Å². The zero-order valence-electron chi connectivity index (χ0n) is 13.9. The van der Waals surface area contributed by atoms with E-state index in [0.717, 1.165) is 51.9 Å². The molecule has 0 radical (unpaired) electrons. The van der Waals surface area contributed by atoms with E-state index in [1.807, 2.05) is 0 Å². The fraction of sp³-hybridized carbons (Fsp3) is 0.647. The van der Waals surface area contributed by atoms with E-state index >= 15 is 0 Å². The van der Waals surface area contributed by atoms with Crippen molar-refractivity contribution in [1.82, 2.24) is 10.2 Å². The van der Waals surface area contributed by atoms with Gasteiger partial charge in [-0.2, -0.15) is 13.2 Å². The molecule has 24 heavy (non-hydrogen) atoms. The molecule has 0 saturated carbocycles. The predicted octanol–water partition coefficient (Wildman–Crippen LogP) is 3.25. The van der Waals surface area contributed by atoms with Gasteiger partial charge >= 0.3 is 6.18 Å². The number of rotatable bonds is 3. The van der Waals surface area contributed by atoms with Crippen LogP contribution in [0, 0.1) is 5.41 Å². The van der Waals surface area contributed by atoms with Gasteiger partial charge in [0, 0.05) is 45.0 Å². The second kappa shape index (κ2) is 7.50. The van der Waals surface area contributed by atoms with Gasteiger partial charge in [-0.15, -0.1) is 12.4 Å². The molecule has 0 amide bonds. The average Bonchev–Trinajstić information content (AvgIpc) is 2.94. The summed E-state index contributed by atoms with van der Waals surface area (Å²) < 4.78 is 38.5. The number of nitrogens with zero attached hydrogens (tertiary/aromatic N) is 2. The van der Waals surface area contributed by atoms with E-state index in [1.54, 1.807) is 6.07 Å². The lowest BCUT2D eigenvalue weighted by Gasteiger charge is -2.39. The smallest absolute Gasteiger partial charge is 0.369 e. The van der Waals surface area contributed by atoms with Gasteiger partial charge in [0.15, 0.2) is 0 Å². The van der Waals surface area contributed by atoms with E-state index in [0.29, 0.717) is 11.1 Å². The summed E-state index contributed by atoms with van der Waals surface area (Å²) >= 11 is 0. The SMILES string of the molecule is CC1(CN2CCN(c3cccc(C(F)(F)F)c3)CC2)CCNC1.Cl. The van der Waals surface area contributed by atoms with Crippen molar-refractivity contribution in [3.05, 3.63) is 29.8 Å². The van der Waals surface area contributed by atoms with Crippen molar-refractivity contribution in [2.75, 3.05) is 50.7 Å². The average molecular weight is 364 g/mol. The van der Waals surface area contributed by atoms with Gasteiger partial charge in [0.05, 0.1) is 5.56 Å². The van der Waals surface area contributed by atoms with Crippen LogP contribution in [0.1, 0.15) is 18.9 Å². The fourth-order valence-electron chi connectivity index (χ4n) is 3.59. The van der Waals surface area contributed by atoms with Gasteiger partial charge in [-0.05, 0) is 36.6 Å². The molecule has 0 spiro atoms. The Balaban J connectivity index is 0.00000208. The Bertz CT molecular complexity index is 536. The first-order chi connectivity index (χ1) is 10.9. The highest BCUT2D eigenvalue weighted by atomic mass is 35.5. The first-order valence-electron chi connectivity index (χ1n) is 8.21. The zero-order valence-corrected chi connectivity index (χ0v) is 14.7. The lowest BCUT2D eigenvalue weighted by molar-refractivity contribution is -0.137. The van der Waals surface area contributed by atoms with Crippen molar-refractivity contribution in [1.29, 1.82) is 0 Å². The standard InChI is InChI=1S/C17H24F3N3.ClH/c1-16(5-6-21-12-16)13-22-7-9-23(10-8-22)15-4-2-3-14(11-15)17(18,19)20;/h2-4,11,21H,5-10,12-13H2,1H3;1H. The molecule has 1 aromatic carbocycles. The third kappa shape index (κ3) is 4.55. The van der Waals surface area contributed by atoms with Crippen LogP contribution in [-0.4, -0.2) is 50.7 Å². The summed E-state index contributed by atoms with van der Waals surface area (Å²) in [5.41, 5.74) is 0.438. The number of alkyl halides is 3. The molecule has 0 aliphatic carbocycles.